The standard InChI is InChI=1S/C17H25NO7/c19-11-13-15(21)16(22)14(20)10-18(13)6-7-24-8-9-25-17(23)12-4-2-1-3-5-12/h1-5,13-16,19-22H,6-11H2/t13-,14+,15-,16-/m1/s1. The van der Waals surface area contributed by atoms with E-state index in [1.165, 1.54) is 0 Å². The van der Waals surface area contributed by atoms with Crippen molar-refractivity contribution in [3.05, 3.63) is 35.9 Å². The Morgan fingerprint density at radius 1 is 1.08 bits per heavy atom. The Labute approximate surface area is 146 Å². The van der Waals surface area contributed by atoms with Gasteiger partial charge in [-0.1, -0.05) is 18.2 Å². The molecule has 1 aromatic carbocycles. The van der Waals surface area contributed by atoms with Crippen LogP contribution in [0.3, 0.4) is 0 Å². The Morgan fingerprint density at radius 3 is 2.48 bits per heavy atom. The Morgan fingerprint density at radius 2 is 1.80 bits per heavy atom. The van der Waals surface area contributed by atoms with Gasteiger partial charge in [0.2, 0.25) is 0 Å². The molecule has 1 aliphatic rings. The molecule has 0 saturated carbocycles. The average Bonchev–Trinajstić information content (AvgIpc) is 2.63. The lowest BCUT2D eigenvalue weighted by molar-refractivity contribution is -0.147. The molecule has 1 aromatic rings. The van der Waals surface area contributed by atoms with Gasteiger partial charge in [-0.25, -0.2) is 4.79 Å². The highest BCUT2D eigenvalue weighted by atomic mass is 16.6. The number of benzene rings is 1. The number of carbonyl (C=O) groups excluding carboxylic acids is 1. The van der Waals surface area contributed by atoms with Crippen LogP contribution < -0.4 is 0 Å². The van der Waals surface area contributed by atoms with Crippen LogP contribution in [0.4, 0.5) is 0 Å². The maximum Gasteiger partial charge on any atom is 0.338 e. The minimum absolute atomic E-state index is 0.112. The molecule has 1 saturated heterocycles. The third-order valence-corrected chi connectivity index (χ3v) is 4.21. The van der Waals surface area contributed by atoms with Crippen LogP contribution in [-0.2, 0) is 9.47 Å². The van der Waals surface area contributed by atoms with E-state index >= 15 is 0 Å². The van der Waals surface area contributed by atoms with Gasteiger partial charge in [0.1, 0.15) is 18.8 Å². The second kappa shape index (κ2) is 9.81. The lowest BCUT2D eigenvalue weighted by Crippen LogP contribution is -2.62. The highest BCUT2D eigenvalue weighted by Gasteiger charge is 2.40. The molecular formula is C17H25NO7. The van der Waals surface area contributed by atoms with Crippen LogP contribution in [0, 0.1) is 0 Å². The fourth-order valence-electron chi connectivity index (χ4n) is 2.77. The summed E-state index contributed by atoms with van der Waals surface area (Å²) in [5.41, 5.74) is 0.475. The lowest BCUT2D eigenvalue weighted by atomic mass is 9.94. The zero-order valence-electron chi connectivity index (χ0n) is 13.9. The second-order valence-corrected chi connectivity index (χ2v) is 5.91. The summed E-state index contributed by atoms with van der Waals surface area (Å²) >= 11 is 0. The van der Waals surface area contributed by atoms with Crippen molar-refractivity contribution in [1.82, 2.24) is 4.90 Å². The van der Waals surface area contributed by atoms with E-state index in [0.29, 0.717) is 12.1 Å². The van der Waals surface area contributed by atoms with Crippen LogP contribution in [0.25, 0.3) is 0 Å². The van der Waals surface area contributed by atoms with Crippen molar-refractivity contribution in [2.75, 3.05) is 39.5 Å². The van der Waals surface area contributed by atoms with Gasteiger partial charge < -0.3 is 29.9 Å². The topological polar surface area (TPSA) is 120 Å². The normalized spacial score (nSPS) is 27.2. The van der Waals surface area contributed by atoms with Crippen LogP contribution in [0.2, 0.25) is 0 Å². The van der Waals surface area contributed by atoms with Crippen molar-refractivity contribution >= 4 is 5.97 Å². The van der Waals surface area contributed by atoms with E-state index in [-0.39, 0.29) is 33.0 Å². The molecular weight excluding hydrogens is 330 g/mol. The van der Waals surface area contributed by atoms with Crippen molar-refractivity contribution in [3.63, 3.8) is 0 Å². The second-order valence-electron chi connectivity index (χ2n) is 5.91. The molecule has 140 valence electrons. The number of likely N-dealkylation sites (tertiary alicyclic amines) is 1. The summed E-state index contributed by atoms with van der Waals surface area (Å²) in [7, 11) is 0. The van der Waals surface area contributed by atoms with Gasteiger partial charge in [-0.15, -0.1) is 0 Å². The van der Waals surface area contributed by atoms with Crippen molar-refractivity contribution in [1.29, 1.82) is 0 Å². The minimum atomic E-state index is -1.27. The van der Waals surface area contributed by atoms with Crippen molar-refractivity contribution in [3.8, 4) is 0 Å². The summed E-state index contributed by atoms with van der Waals surface area (Å²) in [5.74, 6) is -0.416. The summed E-state index contributed by atoms with van der Waals surface area (Å²) < 4.78 is 10.5. The van der Waals surface area contributed by atoms with E-state index in [9.17, 15) is 25.2 Å². The number of rotatable bonds is 8. The number of carbonyl (C=O) groups is 1. The van der Waals surface area contributed by atoms with Gasteiger partial charge in [0.15, 0.2) is 0 Å². The molecule has 0 spiro atoms. The fourth-order valence-corrected chi connectivity index (χ4v) is 2.77. The van der Waals surface area contributed by atoms with Gasteiger partial charge >= 0.3 is 5.97 Å². The molecule has 4 N–H and O–H groups in total. The van der Waals surface area contributed by atoms with Gasteiger partial charge in [0, 0.05) is 13.1 Å². The molecule has 0 amide bonds. The Bertz CT molecular complexity index is 527. The molecule has 8 heteroatoms. The smallest absolute Gasteiger partial charge is 0.338 e. The fraction of sp³-hybridized carbons (Fsp3) is 0.588. The molecule has 1 heterocycles. The first-order valence-electron chi connectivity index (χ1n) is 8.23. The molecule has 1 fully saturated rings. The predicted octanol–water partition coefficient (Wildman–Crippen LogP) is -1.38. The first kappa shape index (κ1) is 19.8. The molecule has 0 aliphatic carbocycles. The number of esters is 1. The molecule has 4 atom stereocenters. The summed E-state index contributed by atoms with van der Waals surface area (Å²) in [6.45, 7) is 0.758. The Kier molecular flexibility index (Phi) is 7.76. The molecule has 0 bridgehead atoms. The van der Waals surface area contributed by atoms with Gasteiger partial charge in [-0.2, -0.15) is 0 Å². The quantitative estimate of drug-likeness (QED) is 0.333. The summed E-state index contributed by atoms with van der Waals surface area (Å²) in [4.78, 5) is 13.4. The maximum absolute atomic E-state index is 11.7. The van der Waals surface area contributed by atoms with Crippen molar-refractivity contribution in [2.24, 2.45) is 0 Å². The van der Waals surface area contributed by atoms with E-state index in [2.05, 4.69) is 0 Å². The Hall–Kier alpha value is -1.55. The predicted molar refractivity (Wildman–Crippen MR) is 88.0 cm³/mol. The van der Waals surface area contributed by atoms with Crippen molar-refractivity contribution in [2.45, 2.75) is 24.4 Å². The maximum atomic E-state index is 11.7. The molecule has 0 unspecified atom stereocenters. The van der Waals surface area contributed by atoms with Gasteiger partial charge in [0.25, 0.3) is 0 Å². The highest BCUT2D eigenvalue weighted by molar-refractivity contribution is 5.89. The van der Waals surface area contributed by atoms with Crippen molar-refractivity contribution < 1.29 is 34.7 Å². The molecule has 2 rings (SSSR count). The summed E-state index contributed by atoms with van der Waals surface area (Å²) in [5, 5.41) is 38.6. The number of ether oxygens (including phenoxy) is 2. The van der Waals surface area contributed by atoms with E-state index < -0.39 is 30.3 Å². The van der Waals surface area contributed by atoms with E-state index in [1.54, 1.807) is 29.2 Å². The number of hydrogen-bond acceptors (Lipinski definition) is 8. The van der Waals surface area contributed by atoms with E-state index in [4.69, 9.17) is 9.47 Å². The number of aliphatic hydroxyl groups excluding tert-OH is 4. The minimum Gasteiger partial charge on any atom is -0.460 e. The van der Waals surface area contributed by atoms with Crippen LogP contribution in [0.5, 0.6) is 0 Å². The number of piperidine rings is 1. The third-order valence-electron chi connectivity index (χ3n) is 4.21. The Balaban J connectivity index is 1.64. The van der Waals surface area contributed by atoms with E-state index in [0.717, 1.165) is 0 Å². The zero-order valence-corrected chi connectivity index (χ0v) is 13.9. The molecule has 0 aromatic heterocycles. The molecule has 8 nitrogen and oxygen atoms in total. The van der Waals surface area contributed by atoms with Crippen LogP contribution >= 0.6 is 0 Å². The first-order chi connectivity index (χ1) is 12.0. The van der Waals surface area contributed by atoms with Crippen LogP contribution in [-0.4, -0.2) is 95.2 Å². The summed E-state index contributed by atoms with van der Waals surface area (Å²) in [6, 6.07) is 8.00. The van der Waals surface area contributed by atoms with Gasteiger partial charge in [0.05, 0.1) is 37.5 Å². The number of β-amino-alcohol motifs (C(OH)–C–C–N with tert-alkyl or cyclic N) is 1. The number of nitrogens with zero attached hydrogens (tertiary/aromatic N) is 1. The zero-order chi connectivity index (χ0) is 18.2. The third kappa shape index (κ3) is 5.46. The molecule has 0 radical (unpaired) electrons. The summed E-state index contributed by atoms with van der Waals surface area (Å²) in [6.07, 6.45) is -3.57. The number of aliphatic hydroxyl groups is 4. The van der Waals surface area contributed by atoms with E-state index in [1.807, 2.05) is 6.07 Å². The highest BCUT2D eigenvalue weighted by Crippen LogP contribution is 2.18. The molecule has 25 heavy (non-hydrogen) atoms. The number of hydrogen-bond donors (Lipinski definition) is 4. The van der Waals surface area contributed by atoms with Crippen LogP contribution in [0.15, 0.2) is 30.3 Å². The molecule has 1 aliphatic heterocycles. The SMILES string of the molecule is O=C(OCCOCCN1C[C@H](O)[C@@H](O)[C@H](O)[C@H]1CO)c1ccccc1. The van der Waals surface area contributed by atoms with Gasteiger partial charge in [-0.05, 0) is 12.1 Å². The largest absolute Gasteiger partial charge is 0.460 e. The van der Waals surface area contributed by atoms with Gasteiger partial charge in [-0.3, -0.25) is 4.90 Å². The average molecular weight is 355 g/mol. The lowest BCUT2D eigenvalue weighted by Gasteiger charge is -2.43. The van der Waals surface area contributed by atoms with Crippen LogP contribution in [0.1, 0.15) is 10.4 Å². The monoisotopic (exact) mass is 355 g/mol. The first-order valence-corrected chi connectivity index (χ1v) is 8.23.